The van der Waals surface area contributed by atoms with Crippen molar-refractivity contribution < 1.29 is 4.39 Å². The first-order valence-electron chi connectivity index (χ1n) is 6.69. The van der Waals surface area contributed by atoms with Gasteiger partial charge in [-0.05, 0) is 36.3 Å². The highest BCUT2D eigenvalue weighted by molar-refractivity contribution is 5.36. The summed E-state index contributed by atoms with van der Waals surface area (Å²) >= 11 is 0. The van der Waals surface area contributed by atoms with E-state index in [1.54, 1.807) is 0 Å². The maximum atomic E-state index is 14.9. The molecule has 2 rings (SSSR count). The molecule has 1 fully saturated rings. The van der Waals surface area contributed by atoms with Crippen LogP contribution < -0.4 is 5.73 Å². The molecular formula is C15H22FN. The molecule has 2 heteroatoms. The van der Waals surface area contributed by atoms with Crippen LogP contribution >= 0.6 is 0 Å². The monoisotopic (exact) mass is 235 g/mol. The maximum Gasteiger partial charge on any atom is 0.148 e. The number of alkyl halides is 1. The molecule has 0 heterocycles. The summed E-state index contributed by atoms with van der Waals surface area (Å²) in [6.07, 6.45) is 5.02. The summed E-state index contributed by atoms with van der Waals surface area (Å²) in [5.74, 6) is 0.560. The second-order valence-electron chi connectivity index (χ2n) is 5.13. The smallest absolute Gasteiger partial charge is 0.148 e. The SMILES string of the molecule is CCCC(F)(CN)c1ccccc1C1CCC1. The van der Waals surface area contributed by atoms with Crippen LogP contribution in [0.1, 0.15) is 56.1 Å². The third-order valence-electron chi connectivity index (χ3n) is 3.96. The van der Waals surface area contributed by atoms with Gasteiger partial charge in [0.2, 0.25) is 0 Å². The van der Waals surface area contributed by atoms with Gasteiger partial charge in [-0.2, -0.15) is 0 Å². The summed E-state index contributed by atoms with van der Waals surface area (Å²) in [6.45, 7) is 2.10. The van der Waals surface area contributed by atoms with Gasteiger partial charge in [-0.15, -0.1) is 0 Å². The Morgan fingerprint density at radius 2 is 2.06 bits per heavy atom. The summed E-state index contributed by atoms with van der Waals surface area (Å²) in [5.41, 5.74) is 6.38. The minimum atomic E-state index is -1.33. The lowest BCUT2D eigenvalue weighted by Gasteiger charge is -2.33. The normalized spacial score (nSPS) is 19.7. The van der Waals surface area contributed by atoms with Crippen molar-refractivity contribution in [2.45, 2.75) is 50.6 Å². The Hall–Kier alpha value is -0.890. The standard InChI is InChI=1S/C15H22FN/c1-2-10-15(16,11-17)14-9-4-3-8-13(14)12-6-5-7-12/h3-4,8-9,12H,2,5-7,10-11,17H2,1H3. The number of benzene rings is 1. The molecule has 1 atom stereocenters. The van der Waals surface area contributed by atoms with Crippen LogP contribution in [0.15, 0.2) is 24.3 Å². The van der Waals surface area contributed by atoms with Crippen LogP contribution in [-0.2, 0) is 5.67 Å². The molecule has 1 nitrogen and oxygen atoms in total. The molecule has 2 N–H and O–H groups in total. The van der Waals surface area contributed by atoms with Gasteiger partial charge < -0.3 is 5.73 Å². The fourth-order valence-electron chi connectivity index (χ4n) is 2.72. The van der Waals surface area contributed by atoms with Gasteiger partial charge in [0, 0.05) is 6.54 Å². The van der Waals surface area contributed by atoms with E-state index in [0.717, 1.165) is 12.0 Å². The summed E-state index contributed by atoms with van der Waals surface area (Å²) in [6, 6.07) is 7.95. The van der Waals surface area contributed by atoms with Crippen LogP contribution in [-0.4, -0.2) is 6.54 Å². The molecule has 0 bridgehead atoms. The zero-order valence-electron chi connectivity index (χ0n) is 10.6. The molecule has 0 aromatic heterocycles. The average Bonchev–Trinajstić information content (AvgIpc) is 2.28. The molecule has 1 aromatic carbocycles. The molecule has 0 spiro atoms. The van der Waals surface area contributed by atoms with Gasteiger partial charge in [-0.3, -0.25) is 0 Å². The van der Waals surface area contributed by atoms with Crippen molar-refractivity contribution in [2.24, 2.45) is 5.73 Å². The van der Waals surface area contributed by atoms with E-state index in [2.05, 4.69) is 6.07 Å². The fraction of sp³-hybridized carbons (Fsp3) is 0.600. The van der Waals surface area contributed by atoms with Crippen LogP contribution in [0, 0.1) is 0 Å². The second kappa shape index (κ2) is 5.18. The Morgan fingerprint density at radius 1 is 1.35 bits per heavy atom. The van der Waals surface area contributed by atoms with Gasteiger partial charge in [-0.1, -0.05) is 44.0 Å². The van der Waals surface area contributed by atoms with E-state index in [0.29, 0.717) is 12.3 Å². The largest absolute Gasteiger partial charge is 0.327 e. The van der Waals surface area contributed by atoms with Crippen LogP contribution in [0.2, 0.25) is 0 Å². The van der Waals surface area contributed by atoms with Crippen LogP contribution in [0.25, 0.3) is 0 Å². The highest BCUT2D eigenvalue weighted by Crippen LogP contribution is 2.42. The Bertz CT molecular complexity index is 373. The quantitative estimate of drug-likeness (QED) is 0.823. The lowest BCUT2D eigenvalue weighted by atomic mass is 9.75. The molecule has 0 radical (unpaired) electrons. The Kier molecular flexibility index (Phi) is 3.82. The predicted molar refractivity (Wildman–Crippen MR) is 69.8 cm³/mol. The lowest BCUT2D eigenvalue weighted by Crippen LogP contribution is -2.32. The summed E-state index contributed by atoms with van der Waals surface area (Å²) < 4.78 is 14.9. The summed E-state index contributed by atoms with van der Waals surface area (Å²) in [5, 5.41) is 0. The molecule has 94 valence electrons. The van der Waals surface area contributed by atoms with E-state index in [1.807, 2.05) is 25.1 Å². The first kappa shape index (κ1) is 12.6. The number of halogens is 1. The first-order chi connectivity index (χ1) is 8.21. The highest BCUT2D eigenvalue weighted by Gasteiger charge is 2.34. The maximum absolute atomic E-state index is 14.9. The van der Waals surface area contributed by atoms with Crippen LogP contribution in [0.3, 0.4) is 0 Å². The number of nitrogens with two attached hydrogens (primary N) is 1. The van der Waals surface area contributed by atoms with Crippen molar-refractivity contribution in [1.82, 2.24) is 0 Å². The first-order valence-corrected chi connectivity index (χ1v) is 6.69. The van der Waals surface area contributed by atoms with E-state index in [-0.39, 0.29) is 6.54 Å². The molecule has 1 aromatic rings. The minimum absolute atomic E-state index is 0.0879. The van der Waals surface area contributed by atoms with E-state index < -0.39 is 5.67 Å². The van der Waals surface area contributed by atoms with E-state index in [4.69, 9.17) is 5.73 Å². The van der Waals surface area contributed by atoms with Crippen molar-refractivity contribution >= 4 is 0 Å². The van der Waals surface area contributed by atoms with Crippen LogP contribution in [0.4, 0.5) is 4.39 Å². The number of rotatable bonds is 5. The predicted octanol–water partition coefficient (Wildman–Crippen LogP) is 3.88. The topological polar surface area (TPSA) is 26.0 Å². The zero-order valence-corrected chi connectivity index (χ0v) is 10.6. The van der Waals surface area contributed by atoms with Gasteiger partial charge in [0.25, 0.3) is 0 Å². The Labute approximate surface area is 103 Å². The molecule has 17 heavy (non-hydrogen) atoms. The molecule has 1 unspecified atom stereocenters. The zero-order chi connectivity index (χ0) is 12.3. The molecular weight excluding hydrogens is 213 g/mol. The third-order valence-corrected chi connectivity index (χ3v) is 3.96. The van der Waals surface area contributed by atoms with E-state index in [9.17, 15) is 4.39 Å². The van der Waals surface area contributed by atoms with Gasteiger partial charge in [-0.25, -0.2) is 4.39 Å². The molecule has 1 aliphatic carbocycles. The molecule has 1 aliphatic rings. The van der Waals surface area contributed by atoms with Crippen molar-refractivity contribution in [3.05, 3.63) is 35.4 Å². The van der Waals surface area contributed by atoms with Gasteiger partial charge in [0.1, 0.15) is 5.67 Å². The van der Waals surface area contributed by atoms with E-state index in [1.165, 1.54) is 24.8 Å². The average molecular weight is 235 g/mol. The van der Waals surface area contributed by atoms with Crippen molar-refractivity contribution in [3.8, 4) is 0 Å². The number of hydrogen-bond acceptors (Lipinski definition) is 1. The van der Waals surface area contributed by atoms with Gasteiger partial charge in [0.05, 0.1) is 0 Å². The summed E-state index contributed by atoms with van der Waals surface area (Å²) in [7, 11) is 0. The number of hydrogen-bond donors (Lipinski definition) is 1. The van der Waals surface area contributed by atoms with Gasteiger partial charge in [0.15, 0.2) is 0 Å². The van der Waals surface area contributed by atoms with Crippen molar-refractivity contribution in [3.63, 3.8) is 0 Å². The second-order valence-corrected chi connectivity index (χ2v) is 5.13. The Balaban J connectivity index is 2.35. The van der Waals surface area contributed by atoms with E-state index >= 15 is 0 Å². The molecule has 0 amide bonds. The minimum Gasteiger partial charge on any atom is -0.327 e. The molecule has 1 saturated carbocycles. The summed E-state index contributed by atoms with van der Waals surface area (Å²) in [4.78, 5) is 0. The highest BCUT2D eigenvalue weighted by atomic mass is 19.1. The third kappa shape index (κ3) is 2.37. The van der Waals surface area contributed by atoms with Crippen LogP contribution in [0.5, 0.6) is 0 Å². The van der Waals surface area contributed by atoms with Crippen molar-refractivity contribution in [2.75, 3.05) is 6.54 Å². The molecule has 0 aliphatic heterocycles. The lowest BCUT2D eigenvalue weighted by molar-refractivity contribution is 0.156. The van der Waals surface area contributed by atoms with Gasteiger partial charge >= 0.3 is 0 Å². The Morgan fingerprint density at radius 3 is 2.59 bits per heavy atom. The van der Waals surface area contributed by atoms with Crippen molar-refractivity contribution in [1.29, 1.82) is 0 Å². The molecule has 0 saturated heterocycles. The fourth-order valence-corrected chi connectivity index (χ4v) is 2.72.